The Labute approximate surface area is 129 Å². The van der Waals surface area contributed by atoms with E-state index in [1.165, 1.54) is 12.1 Å². The standard InChI is InChI=1S/C16H17NO4S/c1-17-15-7-4-12(5-8-15)2-3-13-6-9-16(18)14(10-13)11-22(19,20)21/h2-10,17-18H,11H2,1H3,(H,19,20,21). The van der Waals surface area contributed by atoms with E-state index in [-0.39, 0.29) is 11.3 Å². The van der Waals surface area contributed by atoms with Crippen molar-refractivity contribution in [3.63, 3.8) is 0 Å². The molecule has 5 nitrogen and oxygen atoms in total. The number of benzene rings is 2. The van der Waals surface area contributed by atoms with E-state index in [0.29, 0.717) is 0 Å². The van der Waals surface area contributed by atoms with E-state index in [2.05, 4.69) is 5.32 Å². The van der Waals surface area contributed by atoms with Crippen molar-refractivity contribution < 1.29 is 18.1 Å². The van der Waals surface area contributed by atoms with E-state index < -0.39 is 15.9 Å². The lowest BCUT2D eigenvalue weighted by Crippen LogP contribution is -2.01. The monoisotopic (exact) mass is 319 g/mol. The molecule has 0 heterocycles. The van der Waals surface area contributed by atoms with Crippen LogP contribution in [-0.4, -0.2) is 25.1 Å². The van der Waals surface area contributed by atoms with Gasteiger partial charge in [-0.25, -0.2) is 0 Å². The Morgan fingerprint density at radius 2 is 1.64 bits per heavy atom. The van der Waals surface area contributed by atoms with Crippen LogP contribution in [0.3, 0.4) is 0 Å². The Morgan fingerprint density at radius 3 is 2.23 bits per heavy atom. The average Bonchev–Trinajstić information content (AvgIpc) is 2.47. The molecule has 0 unspecified atom stereocenters. The van der Waals surface area contributed by atoms with Gasteiger partial charge in [0.25, 0.3) is 10.1 Å². The van der Waals surface area contributed by atoms with Crippen molar-refractivity contribution in [2.75, 3.05) is 12.4 Å². The molecule has 3 N–H and O–H groups in total. The van der Waals surface area contributed by atoms with E-state index >= 15 is 0 Å². The van der Waals surface area contributed by atoms with Crippen molar-refractivity contribution in [1.82, 2.24) is 0 Å². The van der Waals surface area contributed by atoms with E-state index in [0.717, 1.165) is 16.8 Å². The highest BCUT2D eigenvalue weighted by molar-refractivity contribution is 7.85. The minimum absolute atomic E-state index is 0.159. The van der Waals surface area contributed by atoms with Crippen molar-refractivity contribution in [2.45, 2.75) is 5.75 Å². The number of nitrogens with one attached hydrogen (secondary N) is 1. The Kier molecular flexibility index (Phi) is 4.85. The maximum atomic E-state index is 10.9. The summed E-state index contributed by atoms with van der Waals surface area (Å²) < 4.78 is 30.7. The highest BCUT2D eigenvalue weighted by Gasteiger charge is 2.10. The molecule has 6 heteroatoms. The predicted molar refractivity (Wildman–Crippen MR) is 88.3 cm³/mol. The maximum absolute atomic E-state index is 10.9. The van der Waals surface area contributed by atoms with E-state index in [4.69, 9.17) is 4.55 Å². The number of phenolic OH excluding ortho intramolecular Hbond substituents is 1. The Balaban J connectivity index is 2.21. The first kappa shape index (κ1) is 16.1. The molecular weight excluding hydrogens is 302 g/mol. The van der Waals surface area contributed by atoms with Gasteiger partial charge in [-0.2, -0.15) is 8.42 Å². The van der Waals surface area contributed by atoms with Crippen LogP contribution in [0.4, 0.5) is 5.69 Å². The molecule has 2 aromatic rings. The first-order valence-electron chi connectivity index (χ1n) is 6.60. The second-order valence-corrected chi connectivity index (χ2v) is 6.27. The second kappa shape index (κ2) is 6.64. The van der Waals surface area contributed by atoms with E-state index in [9.17, 15) is 13.5 Å². The van der Waals surface area contributed by atoms with Crippen LogP contribution in [-0.2, 0) is 15.9 Å². The molecule has 0 saturated heterocycles. The summed E-state index contributed by atoms with van der Waals surface area (Å²) >= 11 is 0. The van der Waals surface area contributed by atoms with E-state index in [1.807, 2.05) is 37.4 Å². The number of rotatable bonds is 5. The van der Waals surface area contributed by atoms with E-state index in [1.54, 1.807) is 12.1 Å². The normalized spacial score (nSPS) is 11.7. The van der Waals surface area contributed by atoms with Crippen LogP contribution < -0.4 is 5.32 Å². The topological polar surface area (TPSA) is 86.6 Å². The quantitative estimate of drug-likeness (QED) is 0.582. The summed E-state index contributed by atoms with van der Waals surface area (Å²) in [4.78, 5) is 0. The van der Waals surface area contributed by atoms with Gasteiger partial charge in [0.2, 0.25) is 0 Å². The average molecular weight is 319 g/mol. The summed E-state index contributed by atoms with van der Waals surface area (Å²) in [5.74, 6) is -0.773. The summed E-state index contributed by atoms with van der Waals surface area (Å²) in [6.07, 6.45) is 3.68. The third-order valence-electron chi connectivity index (χ3n) is 3.11. The van der Waals surface area contributed by atoms with Crippen molar-refractivity contribution >= 4 is 28.0 Å². The number of hydrogen-bond donors (Lipinski definition) is 3. The third-order valence-corrected chi connectivity index (χ3v) is 3.78. The van der Waals surface area contributed by atoms with Gasteiger partial charge < -0.3 is 10.4 Å². The molecule has 0 spiro atoms. The number of phenols is 1. The Morgan fingerprint density at radius 1 is 1.05 bits per heavy atom. The number of aromatic hydroxyl groups is 1. The fourth-order valence-corrected chi connectivity index (χ4v) is 2.60. The molecule has 0 aliphatic rings. The molecule has 116 valence electrons. The Bertz CT molecular complexity index is 780. The van der Waals surface area contributed by atoms with Crippen LogP contribution in [0, 0.1) is 0 Å². The fraction of sp³-hybridized carbons (Fsp3) is 0.125. The predicted octanol–water partition coefficient (Wildman–Crippen LogP) is 2.99. The van der Waals surface area contributed by atoms with Crippen molar-refractivity contribution in [3.05, 3.63) is 59.2 Å². The van der Waals surface area contributed by atoms with Gasteiger partial charge >= 0.3 is 0 Å². The lowest BCUT2D eigenvalue weighted by molar-refractivity contribution is 0.461. The highest BCUT2D eigenvalue weighted by Crippen LogP contribution is 2.22. The van der Waals surface area contributed by atoms with Crippen molar-refractivity contribution in [2.24, 2.45) is 0 Å². The van der Waals surface area contributed by atoms with Crippen LogP contribution in [0.5, 0.6) is 5.75 Å². The van der Waals surface area contributed by atoms with Gasteiger partial charge in [-0.15, -0.1) is 0 Å². The first-order valence-corrected chi connectivity index (χ1v) is 8.21. The minimum atomic E-state index is -4.18. The second-order valence-electron chi connectivity index (χ2n) is 4.82. The van der Waals surface area contributed by atoms with Crippen LogP contribution in [0.1, 0.15) is 16.7 Å². The van der Waals surface area contributed by atoms with Gasteiger partial charge in [-0.1, -0.05) is 30.4 Å². The summed E-state index contributed by atoms with van der Waals surface area (Å²) in [7, 11) is -2.34. The summed E-state index contributed by atoms with van der Waals surface area (Å²) in [6, 6.07) is 12.4. The molecule has 0 atom stereocenters. The summed E-state index contributed by atoms with van der Waals surface area (Å²) in [5, 5.41) is 12.7. The Hall–Kier alpha value is -2.31. The van der Waals surface area contributed by atoms with Gasteiger partial charge in [-0.3, -0.25) is 4.55 Å². The molecule has 0 radical (unpaired) electrons. The largest absolute Gasteiger partial charge is 0.508 e. The first-order chi connectivity index (χ1) is 10.4. The van der Waals surface area contributed by atoms with Crippen LogP contribution >= 0.6 is 0 Å². The van der Waals surface area contributed by atoms with Gasteiger partial charge in [0.1, 0.15) is 11.5 Å². The third kappa shape index (κ3) is 4.61. The minimum Gasteiger partial charge on any atom is -0.508 e. The smallest absolute Gasteiger partial charge is 0.269 e. The fourth-order valence-electron chi connectivity index (χ4n) is 1.97. The molecule has 0 fully saturated rings. The maximum Gasteiger partial charge on any atom is 0.269 e. The number of hydrogen-bond acceptors (Lipinski definition) is 4. The molecule has 0 aliphatic carbocycles. The van der Waals surface area contributed by atoms with Crippen LogP contribution in [0.25, 0.3) is 12.2 Å². The molecule has 2 aromatic carbocycles. The van der Waals surface area contributed by atoms with Gasteiger partial charge in [-0.05, 0) is 35.4 Å². The highest BCUT2D eigenvalue weighted by atomic mass is 32.2. The molecule has 22 heavy (non-hydrogen) atoms. The molecule has 2 rings (SSSR count). The van der Waals surface area contributed by atoms with Crippen LogP contribution in [0.15, 0.2) is 42.5 Å². The van der Waals surface area contributed by atoms with Crippen molar-refractivity contribution in [3.8, 4) is 5.75 Å². The zero-order valence-electron chi connectivity index (χ0n) is 12.0. The zero-order valence-corrected chi connectivity index (χ0v) is 12.8. The lowest BCUT2D eigenvalue weighted by atomic mass is 10.1. The van der Waals surface area contributed by atoms with Crippen molar-refractivity contribution in [1.29, 1.82) is 0 Å². The molecule has 0 aliphatic heterocycles. The summed E-state index contributed by atoms with van der Waals surface area (Å²) in [6.45, 7) is 0. The SMILES string of the molecule is CNc1ccc(C=Cc2ccc(O)c(CS(=O)(=O)O)c2)cc1. The molecule has 0 aromatic heterocycles. The summed E-state index contributed by atoms with van der Waals surface area (Å²) in [5.41, 5.74) is 2.89. The number of anilines is 1. The lowest BCUT2D eigenvalue weighted by Gasteiger charge is -2.04. The molecule has 0 bridgehead atoms. The van der Waals surface area contributed by atoms with Gasteiger partial charge in [0.05, 0.1) is 0 Å². The molecule has 0 amide bonds. The van der Waals surface area contributed by atoms with Gasteiger partial charge in [0.15, 0.2) is 0 Å². The van der Waals surface area contributed by atoms with Gasteiger partial charge in [0, 0.05) is 18.3 Å². The molecular formula is C16H17NO4S. The zero-order chi connectivity index (χ0) is 16.2. The molecule has 0 saturated carbocycles. The van der Waals surface area contributed by atoms with Crippen LogP contribution in [0.2, 0.25) is 0 Å².